The highest BCUT2D eigenvalue weighted by Gasteiger charge is 2.14. The van der Waals surface area contributed by atoms with Crippen molar-refractivity contribution in [1.82, 2.24) is 5.32 Å². The van der Waals surface area contributed by atoms with Gasteiger partial charge in [-0.25, -0.2) is 0 Å². The fraction of sp³-hybridized carbons (Fsp3) is 0.857. The molecule has 0 aliphatic rings. The number of alkyl halides is 1. The topological polar surface area (TPSA) is 29.1 Å². The molecule has 66 valence electrons. The quantitative estimate of drug-likeness (QED) is 0.420. The molecule has 0 saturated carbocycles. The van der Waals surface area contributed by atoms with Gasteiger partial charge in [-0.1, -0.05) is 31.9 Å². The molecule has 2 unspecified atom stereocenters. The molecule has 1 amide bonds. The van der Waals surface area contributed by atoms with E-state index in [2.05, 4.69) is 12.2 Å². The van der Waals surface area contributed by atoms with E-state index in [-0.39, 0.29) is 11.4 Å². The van der Waals surface area contributed by atoms with Crippen LogP contribution in [0.3, 0.4) is 0 Å². The molecule has 11 heavy (non-hydrogen) atoms. The van der Waals surface area contributed by atoms with Crippen LogP contribution in [0.4, 0.5) is 4.79 Å². The van der Waals surface area contributed by atoms with Gasteiger partial charge < -0.3 is 5.32 Å². The maximum atomic E-state index is 10.3. The number of halogens is 2. The minimum atomic E-state index is -0.590. The first-order valence-electron chi connectivity index (χ1n) is 3.68. The maximum absolute atomic E-state index is 10.3. The van der Waals surface area contributed by atoms with Crippen molar-refractivity contribution in [1.29, 1.82) is 0 Å². The molecule has 0 fully saturated rings. The number of hydrogen-bond donors (Lipinski definition) is 1. The average molecular weight is 198 g/mol. The lowest BCUT2D eigenvalue weighted by Gasteiger charge is -2.16. The summed E-state index contributed by atoms with van der Waals surface area (Å²) in [4.78, 5) is 10.3. The molecule has 0 aliphatic heterocycles. The zero-order chi connectivity index (χ0) is 8.85. The van der Waals surface area contributed by atoms with Crippen LogP contribution in [0.15, 0.2) is 0 Å². The number of nitrogens with one attached hydrogen (secondary N) is 1. The monoisotopic (exact) mass is 197 g/mol. The first kappa shape index (κ1) is 11.1. The van der Waals surface area contributed by atoms with Crippen LogP contribution >= 0.6 is 23.2 Å². The Hall–Kier alpha value is 0.0500. The van der Waals surface area contributed by atoms with Crippen LogP contribution < -0.4 is 5.32 Å². The lowest BCUT2D eigenvalue weighted by atomic mass is 10.1. The zero-order valence-corrected chi connectivity index (χ0v) is 8.24. The van der Waals surface area contributed by atoms with Gasteiger partial charge in [0.1, 0.15) is 5.50 Å². The van der Waals surface area contributed by atoms with Gasteiger partial charge in [0.05, 0.1) is 0 Å². The van der Waals surface area contributed by atoms with E-state index in [0.29, 0.717) is 0 Å². The second-order valence-corrected chi connectivity index (χ2v) is 3.40. The van der Waals surface area contributed by atoms with Crippen molar-refractivity contribution in [2.45, 2.75) is 32.2 Å². The average Bonchev–Trinajstić information content (AvgIpc) is 1.86. The summed E-state index contributed by atoms with van der Waals surface area (Å²) in [5.74, 6) is 0.268. The van der Waals surface area contributed by atoms with Gasteiger partial charge >= 0.3 is 5.37 Å². The van der Waals surface area contributed by atoms with E-state index >= 15 is 0 Å². The van der Waals surface area contributed by atoms with E-state index in [1.54, 1.807) is 0 Å². The Labute approximate surface area is 77.2 Å². The van der Waals surface area contributed by atoms with Crippen molar-refractivity contribution in [2.75, 3.05) is 0 Å². The largest absolute Gasteiger partial charge is 0.326 e. The third kappa shape index (κ3) is 5.33. The first-order valence-corrected chi connectivity index (χ1v) is 4.49. The standard InChI is InChI=1S/C7H13Cl2NO/c1-3-4-5(2)6(8)10-7(9)11/h5-6H,3-4H2,1-2H3,(H,10,11). The van der Waals surface area contributed by atoms with E-state index in [9.17, 15) is 4.79 Å². The maximum Gasteiger partial charge on any atom is 0.314 e. The minimum absolute atomic E-state index is 0.268. The van der Waals surface area contributed by atoms with E-state index in [4.69, 9.17) is 23.2 Å². The summed E-state index contributed by atoms with van der Waals surface area (Å²) in [6.07, 6.45) is 2.05. The van der Waals surface area contributed by atoms with Crippen molar-refractivity contribution in [3.63, 3.8) is 0 Å². The predicted octanol–water partition coefficient (Wildman–Crippen LogP) is 2.94. The minimum Gasteiger partial charge on any atom is -0.326 e. The van der Waals surface area contributed by atoms with Crippen molar-refractivity contribution in [3.05, 3.63) is 0 Å². The predicted molar refractivity (Wildman–Crippen MR) is 48.1 cm³/mol. The van der Waals surface area contributed by atoms with Gasteiger partial charge in [-0.3, -0.25) is 4.79 Å². The molecule has 0 bridgehead atoms. The van der Waals surface area contributed by atoms with E-state index in [1.807, 2.05) is 6.92 Å². The Kier molecular flexibility index (Phi) is 5.69. The summed E-state index contributed by atoms with van der Waals surface area (Å²) >= 11 is 10.9. The number of carbonyl (C=O) groups is 1. The summed E-state index contributed by atoms with van der Waals surface area (Å²) in [6, 6.07) is 0. The summed E-state index contributed by atoms with van der Waals surface area (Å²) in [7, 11) is 0. The lowest BCUT2D eigenvalue weighted by molar-refractivity contribution is 0.256. The third-order valence-corrected chi connectivity index (χ3v) is 2.14. The molecular formula is C7H13Cl2NO. The Bertz CT molecular complexity index is 130. The highest BCUT2D eigenvalue weighted by molar-refractivity contribution is 6.63. The summed E-state index contributed by atoms with van der Waals surface area (Å²) < 4.78 is 0. The summed E-state index contributed by atoms with van der Waals surface area (Å²) in [5, 5.41) is 1.83. The van der Waals surface area contributed by atoms with Crippen LogP contribution in [0.5, 0.6) is 0 Å². The van der Waals surface area contributed by atoms with Gasteiger partial charge in [0, 0.05) is 0 Å². The number of rotatable bonds is 4. The van der Waals surface area contributed by atoms with Crippen LogP contribution in [-0.2, 0) is 0 Å². The molecule has 2 atom stereocenters. The molecule has 0 radical (unpaired) electrons. The molecule has 0 saturated heterocycles. The van der Waals surface area contributed by atoms with Crippen LogP contribution in [0.25, 0.3) is 0 Å². The normalized spacial score (nSPS) is 15.6. The Morgan fingerprint density at radius 1 is 1.64 bits per heavy atom. The van der Waals surface area contributed by atoms with Crippen molar-refractivity contribution < 1.29 is 4.79 Å². The zero-order valence-electron chi connectivity index (χ0n) is 6.73. The number of carbonyl (C=O) groups excluding carboxylic acids is 1. The fourth-order valence-electron chi connectivity index (χ4n) is 0.852. The van der Waals surface area contributed by atoms with Crippen LogP contribution in [0.1, 0.15) is 26.7 Å². The van der Waals surface area contributed by atoms with Crippen LogP contribution in [0.2, 0.25) is 0 Å². The number of hydrogen-bond acceptors (Lipinski definition) is 1. The van der Waals surface area contributed by atoms with Crippen LogP contribution in [-0.4, -0.2) is 10.9 Å². The van der Waals surface area contributed by atoms with E-state index in [0.717, 1.165) is 12.8 Å². The lowest BCUT2D eigenvalue weighted by Crippen LogP contribution is -2.31. The molecule has 4 heteroatoms. The Morgan fingerprint density at radius 3 is 2.55 bits per heavy atom. The van der Waals surface area contributed by atoms with Gasteiger partial charge in [0.15, 0.2) is 0 Å². The second-order valence-electron chi connectivity index (χ2n) is 2.59. The van der Waals surface area contributed by atoms with Gasteiger partial charge in [-0.2, -0.15) is 0 Å². The molecule has 1 N–H and O–H groups in total. The van der Waals surface area contributed by atoms with Crippen LogP contribution in [0, 0.1) is 5.92 Å². The number of amides is 1. The molecule has 0 rings (SSSR count). The molecular weight excluding hydrogens is 185 g/mol. The molecule has 0 heterocycles. The van der Waals surface area contributed by atoms with Gasteiger partial charge in [0.25, 0.3) is 0 Å². The molecule has 0 aromatic heterocycles. The molecule has 0 aliphatic carbocycles. The van der Waals surface area contributed by atoms with Gasteiger partial charge in [-0.05, 0) is 23.9 Å². The highest BCUT2D eigenvalue weighted by atomic mass is 35.5. The molecule has 0 spiro atoms. The summed E-state index contributed by atoms with van der Waals surface area (Å²) in [6.45, 7) is 4.05. The smallest absolute Gasteiger partial charge is 0.314 e. The van der Waals surface area contributed by atoms with Gasteiger partial charge in [-0.15, -0.1) is 0 Å². The van der Waals surface area contributed by atoms with Crippen molar-refractivity contribution in [3.8, 4) is 0 Å². The fourth-order valence-corrected chi connectivity index (χ4v) is 1.25. The second kappa shape index (κ2) is 5.67. The SMILES string of the molecule is CCCC(C)C(Cl)NC(=O)Cl. The molecule has 0 aromatic carbocycles. The Balaban J connectivity index is 3.63. The molecule has 2 nitrogen and oxygen atoms in total. The van der Waals surface area contributed by atoms with Crippen molar-refractivity contribution in [2.24, 2.45) is 5.92 Å². The van der Waals surface area contributed by atoms with Gasteiger partial charge in [0.2, 0.25) is 0 Å². The van der Waals surface area contributed by atoms with E-state index < -0.39 is 5.37 Å². The summed E-state index contributed by atoms with van der Waals surface area (Å²) in [5.41, 5.74) is -0.347. The van der Waals surface area contributed by atoms with Crippen molar-refractivity contribution >= 4 is 28.6 Å². The highest BCUT2D eigenvalue weighted by Crippen LogP contribution is 2.13. The first-order chi connectivity index (χ1) is 5.07. The van der Waals surface area contributed by atoms with E-state index in [1.165, 1.54) is 0 Å². The third-order valence-electron chi connectivity index (χ3n) is 1.49. The Morgan fingerprint density at radius 2 is 2.18 bits per heavy atom. The molecule has 0 aromatic rings.